The number of esters is 1. The van der Waals surface area contributed by atoms with Crippen molar-refractivity contribution >= 4 is 23.2 Å². The molecule has 1 amide bonds. The van der Waals surface area contributed by atoms with Crippen LogP contribution in [0.4, 0.5) is 8.78 Å². The summed E-state index contributed by atoms with van der Waals surface area (Å²) < 4.78 is 31.9. The number of thiophene rings is 1. The number of halogens is 2. The fourth-order valence-electron chi connectivity index (χ4n) is 2.69. The van der Waals surface area contributed by atoms with Gasteiger partial charge in [-0.2, -0.15) is 0 Å². The fourth-order valence-corrected chi connectivity index (χ4v) is 3.79. The van der Waals surface area contributed by atoms with Crippen molar-refractivity contribution < 1.29 is 23.1 Å². The van der Waals surface area contributed by atoms with Gasteiger partial charge in [0.2, 0.25) is 0 Å². The fraction of sp³-hybridized carbons (Fsp3) is 0.368. The van der Waals surface area contributed by atoms with E-state index in [-0.39, 0.29) is 18.1 Å². The van der Waals surface area contributed by atoms with Crippen molar-refractivity contribution in [3.63, 3.8) is 0 Å². The molecule has 0 N–H and O–H groups in total. The van der Waals surface area contributed by atoms with Crippen LogP contribution in [-0.4, -0.2) is 30.4 Å². The summed E-state index contributed by atoms with van der Waals surface area (Å²) in [6.07, 6.45) is 0.804. The zero-order valence-corrected chi connectivity index (χ0v) is 16.0. The molecule has 0 saturated heterocycles. The number of rotatable bonds is 6. The second-order valence-corrected chi connectivity index (χ2v) is 6.95. The van der Waals surface area contributed by atoms with Gasteiger partial charge in [-0.25, -0.2) is 13.6 Å². The van der Waals surface area contributed by atoms with Gasteiger partial charge in [0.1, 0.15) is 0 Å². The number of amides is 1. The topological polar surface area (TPSA) is 46.6 Å². The number of nitrogens with zero attached hydrogens (tertiary/aromatic N) is 1. The second kappa shape index (κ2) is 8.40. The molecule has 0 aliphatic carbocycles. The van der Waals surface area contributed by atoms with E-state index in [1.165, 1.54) is 29.4 Å². The minimum absolute atomic E-state index is 0.110. The highest BCUT2D eigenvalue weighted by molar-refractivity contribution is 7.14. The van der Waals surface area contributed by atoms with Crippen LogP contribution in [0.15, 0.2) is 24.3 Å². The first-order chi connectivity index (χ1) is 12.3. The Hall–Kier alpha value is -2.28. The van der Waals surface area contributed by atoms with Crippen LogP contribution in [0.3, 0.4) is 0 Å². The zero-order valence-electron chi connectivity index (χ0n) is 15.1. The minimum atomic E-state index is -1.16. The van der Waals surface area contributed by atoms with E-state index in [9.17, 15) is 18.4 Å². The molecule has 2 rings (SSSR count). The molecule has 1 unspecified atom stereocenters. The summed E-state index contributed by atoms with van der Waals surface area (Å²) in [5.74, 6) is -3.18. The smallest absolute Gasteiger partial charge is 0.333 e. The van der Waals surface area contributed by atoms with E-state index in [4.69, 9.17) is 4.74 Å². The lowest BCUT2D eigenvalue weighted by Gasteiger charge is -2.26. The summed E-state index contributed by atoms with van der Waals surface area (Å²) in [6.45, 7) is 5.67. The lowest BCUT2D eigenvalue weighted by atomic mass is 10.0. The van der Waals surface area contributed by atoms with Crippen LogP contribution in [0.2, 0.25) is 0 Å². The molecular weight excluding hydrogens is 360 g/mol. The van der Waals surface area contributed by atoms with Crippen molar-refractivity contribution in [2.24, 2.45) is 0 Å². The third-order valence-electron chi connectivity index (χ3n) is 4.03. The number of hydrogen-bond acceptors (Lipinski definition) is 4. The molecule has 0 bridgehead atoms. The maximum absolute atomic E-state index is 13.6. The van der Waals surface area contributed by atoms with Gasteiger partial charge in [0, 0.05) is 11.9 Å². The van der Waals surface area contributed by atoms with Crippen molar-refractivity contribution in [1.82, 2.24) is 4.90 Å². The second-order valence-electron chi connectivity index (χ2n) is 5.81. The van der Waals surface area contributed by atoms with E-state index >= 15 is 0 Å². The molecule has 0 radical (unpaired) electrons. The van der Waals surface area contributed by atoms with Gasteiger partial charge in [-0.1, -0.05) is 13.0 Å². The van der Waals surface area contributed by atoms with Crippen molar-refractivity contribution in [2.45, 2.75) is 33.2 Å². The Labute approximate surface area is 155 Å². The predicted octanol–water partition coefficient (Wildman–Crippen LogP) is 4.27. The van der Waals surface area contributed by atoms with Gasteiger partial charge >= 0.3 is 5.97 Å². The van der Waals surface area contributed by atoms with Gasteiger partial charge in [0.15, 0.2) is 17.7 Å². The van der Waals surface area contributed by atoms with Crippen molar-refractivity contribution in [3.8, 4) is 0 Å². The molecule has 2 aromatic rings. The molecule has 1 aromatic heterocycles. The normalized spacial score (nSPS) is 11.9. The number of hydrogen-bond donors (Lipinski definition) is 0. The highest BCUT2D eigenvalue weighted by atomic mass is 32.1. The Morgan fingerprint density at radius 3 is 2.42 bits per heavy atom. The summed E-state index contributed by atoms with van der Waals surface area (Å²) in [6, 6.07) is 3.74. The molecule has 0 spiro atoms. The Morgan fingerprint density at radius 1 is 1.19 bits per heavy atom. The Balaban J connectivity index is 2.41. The zero-order chi connectivity index (χ0) is 19.4. The number of aryl methyl sites for hydroxylation is 2. The molecule has 0 fully saturated rings. The molecule has 26 heavy (non-hydrogen) atoms. The van der Waals surface area contributed by atoms with Crippen molar-refractivity contribution in [3.05, 3.63) is 56.8 Å². The number of ether oxygens (including phenoxy) is 1. The number of carbonyl (C=O) groups is 2. The monoisotopic (exact) mass is 381 g/mol. The van der Waals surface area contributed by atoms with Gasteiger partial charge in [0.25, 0.3) is 5.91 Å². The Kier molecular flexibility index (Phi) is 6.47. The first-order valence-electron chi connectivity index (χ1n) is 8.28. The molecule has 4 nitrogen and oxygen atoms in total. The van der Waals surface area contributed by atoms with Crippen LogP contribution >= 0.6 is 11.3 Å². The molecule has 0 aliphatic rings. The Morgan fingerprint density at radius 2 is 1.88 bits per heavy atom. The SMILES string of the molecule is CCOC(=O)C(c1ccc(F)c(F)c1)N(C)C(=O)c1cc(C)c(CC)s1. The molecule has 0 aliphatic heterocycles. The average Bonchev–Trinajstić information content (AvgIpc) is 2.98. The largest absolute Gasteiger partial charge is 0.464 e. The molecule has 1 heterocycles. The molecule has 1 atom stereocenters. The molecule has 7 heteroatoms. The number of likely N-dealkylation sites (N-methyl/N-ethyl adjacent to an activating group) is 1. The molecule has 140 valence electrons. The van der Waals surface area contributed by atoms with E-state index in [1.807, 2.05) is 13.8 Å². The summed E-state index contributed by atoms with van der Waals surface area (Å²) in [4.78, 5) is 28.1. The predicted molar refractivity (Wildman–Crippen MR) is 96.3 cm³/mol. The van der Waals surface area contributed by atoms with Crippen molar-refractivity contribution in [1.29, 1.82) is 0 Å². The van der Waals surface area contributed by atoms with E-state index in [0.29, 0.717) is 4.88 Å². The van der Waals surface area contributed by atoms with Crippen molar-refractivity contribution in [2.75, 3.05) is 13.7 Å². The van der Waals surface area contributed by atoms with E-state index < -0.39 is 23.6 Å². The lowest BCUT2D eigenvalue weighted by molar-refractivity contribution is -0.148. The van der Waals surface area contributed by atoms with E-state index in [2.05, 4.69) is 0 Å². The van der Waals surface area contributed by atoms with Gasteiger partial charge in [-0.15, -0.1) is 11.3 Å². The third kappa shape index (κ3) is 4.09. The van der Waals surface area contributed by atoms with Gasteiger partial charge in [-0.3, -0.25) is 4.79 Å². The molecule has 1 aromatic carbocycles. The van der Waals surface area contributed by atoms with Gasteiger partial charge in [-0.05, 0) is 49.6 Å². The summed E-state index contributed by atoms with van der Waals surface area (Å²) in [5, 5.41) is 0. The van der Waals surface area contributed by atoms with Crippen LogP contribution in [-0.2, 0) is 16.0 Å². The number of carbonyl (C=O) groups excluding carboxylic acids is 2. The highest BCUT2D eigenvalue weighted by Crippen LogP contribution is 2.28. The van der Waals surface area contributed by atoms with Crippen LogP contribution in [0.1, 0.15) is 45.6 Å². The summed E-state index contributed by atoms with van der Waals surface area (Å²) in [5.41, 5.74) is 1.16. The maximum atomic E-state index is 13.6. The first kappa shape index (κ1) is 20.0. The standard InChI is InChI=1S/C19H21F2NO3S/c1-5-15-11(3)9-16(26-15)18(23)22(4)17(19(24)25-6-2)12-7-8-13(20)14(21)10-12/h7-10,17H,5-6H2,1-4H3. The number of benzene rings is 1. The Bertz CT molecular complexity index is 819. The van der Waals surface area contributed by atoms with E-state index in [0.717, 1.165) is 29.0 Å². The minimum Gasteiger partial charge on any atom is -0.464 e. The third-order valence-corrected chi connectivity index (χ3v) is 5.40. The van der Waals surface area contributed by atoms with Gasteiger partial charge in [0.05, 0.1) is 11.5 Å². The molecule has 0 saturated carbocycles. The van der Waals surface area contributed by atoms with Crippen LogP contribution < -0.4 is 0 Å². The molecular formula is C19H21F2NO3S. The first-order valence-corrected chi connectivity index (χ1v) is 9.09. The highest BCUT2D eigenvalue weighted by Gasteiger charge is 2.32. The maximum Gasteiger partial charge on any atom is 0.333 e. The summed E-state index contributed by atoms with van der Waals surface area (Å²) >= 11 is 1.36. The lowest BCUT2D eigenvalue weighted by Crippen LogP contribution is -2.36. The average molecular weight is 381 g/mol. The van der Waals surface area contributed by atoms with Crippen LogP contribution in [0.5, 0.6) is 0 Å². The quantitative estimate of drug-likeness (QED) is 0.702. The summed E-state index contributed by atoms with van der Waals surface area (Å²) in [7, 11) is 1.45. The van der Waals surface area contributed by atoms with E-state index in [1.54, 1.807) is 13.0 Å². The van der Waals surface area contributed by atoms with Crippen LogP contribution in [0, 0.1) is 18.6 Å². The van der Waals surface area contributed by atoms with Crippen LogP contribution in [0.25, 0.3) is 0 Å². The van der Waals surface area contributed by atoms with Gasteiger partial charge < -0.3 is 9.64 Å².